The Balaban J connectivity index is 1.56. The fourth-order valence-electron chi connectivity index (χ4n) is 4.27. The Morgan fingerprint density at radius 1 is 0.750 bits per heavy atom. The van der Waals surface area contributed by atoms with E-state index in [1.807, 2.05) is 65.2 Å². The fraction of sp³-hybridized carbons (Fsp3) is 0. The average molecular weight is 570 g/mol. The first-order chi connectivity index (χ1) is 17.4. The van der Waals surface area contributed by atoms with Gasteiger partial charge in [0.2, 0.25) is 0 Å². The van der Waals surface area contributed by atoms with Crippen molar-refractivity contribution in [2.45, 2.75) is 0 Å². The maximum atomic E-state index is 13.3. The summed E-state index contributed by atoms with van der Waals surface area (Å²) in [5, 5.41) is -0.321. The summed E-state index contributed by atoms with van der Waals surface area (Å²) in [5.41, 5.74) is 2.58. The van der Waals surface area contributed by atoms with E-state index in [-0.39, 0.29) is 36.8 Å². The number of thiophene rings is 1. The molecule has 0 spiro atoms. The van der Waals surface area contributed by atoms with Gasteiger partial charge in [0.05, 0.1) is 42.3 Å². The summed E-state index contributed by atoms with van der Waals surface area (Å²) in [4.78, 5) is 33.3. The molecule has 5 aromatic rings. The van der Waals surface area contributed by atoms with Gasteiger partial charge >= 0.3 is 0 Å². The standard InChI is InChI=1S/C27H12Cl4N2O2S/c28-21-19-20(22(29)24(31)23(21)30)26(35)15(25(19)34)11-18-32-27-16(33(18)14-9-5-2-6-10-14)12-17(36-27)13-7-3-1-4-8-13/h1-12H. The van der Waals surface area contributed by atoms with Gasteiger partial charge in [-0.1, -0.05) is 94.9 Å². The molecule has 0 N–H and O–H groups in total. The first-order valence-corrected chi connectivity index (χ1v) is 13.0. The highest BCUT2D eigenvalue weighted by Crippen LogP contribution is 2.46. The number of carbonyl (C=O) groups excluding carboxylic acids is 2. The van der Waals surface area contributed by atoms with E-state index in [9.17, 15) is 9.59 Å². The molecule has 9 heteroatoms. The van der Waals surface area contributed by atoms with Gasteiger partial charge in [0.15, 0.2) is 11.6 Å². The second-order valence-corrected chi connectivity index (χ2v) is 10.6. The van der Waals surface area contributed by atoms with Crippen LogP contribution in [-0.4, -0.2) is 21.1 Å². The lowest BCUT2D eigenvalue weighted by atomic mass is 10.1. The Bertz CT molecular complexity index is 1710. The minimum absolute atomic E-state index is 0.0432. The van der Waals surface area contributed by atoms with E-state index in [1.54, 1.807) is 0 Å². The normalized spacial score (nSPS) is 13.1. The number of nitrogens with zero attached hydrogens (tertiary/aromatic N) is 2. The van der Waals surface area contributed by atoms with Crippen LogP contribution in [0.3, 0.4) is 0 Å². The van der Waals surface area contributed by atoms with E-state index in [1.165, 1.54) is 17.4 Å². The van der Waals surface area contributed by atoms with Crippen molar-refractivity contribution < 1.29 is 9.59 Å². The van der Waals surface area contributed by atoms with Crippen LogP contribution in [0.25, 0.3) is 32.6 Å². The number of rotatable bonds is 3. The number of imidazole rings is 1. The highest BCUT2D eigenvalue weighted by atomic mass is 35.5. The molecule has 6 rings (SSSR count). The van der Waals surface area contributed by atoms with Crippen LogP contribution in [0.4, 0.5) is 0 Å². The molecule has 36 heavy (non-hydrogen) atoms. The molecule has 0 saturated carbocycles. The number of hydrogen-bond acceptors (Lipinski definition) is 4. The molecule has 0 fully saturated rings. The summed E-state index contributed by atoms with van der Waals surface area (Å²) in [6.45, 7) is 0. The molecule has 0 amide bonds. The predicted octanol–water partition coefficient (Wildman–Crippen LogP) is 8.83. The minimum Gasteiger partial charge on any atom is -0.292 e. The van der Waals surface area contributed by atoms with Crippen LogP contribution in [0.15, 0.2) is 72.3 Å². The van der Waals surface area contributed by atoms with Crippen LogP contribution < -0.4 is 0 Å². The summed E-state index contributed by atoms with van der Waals surface area (Å²) in [6.07, 6.45) is 1.47. The van der Waals surface area contributed by atoms with Crippen molar-refractivity contribution in [3.05, 3.63) is 109 Å². The third kappa shape index (κ3) is 3.54. The van der Waals surface area contributed by atoms with Gasteiger partial charge in [-0.05, 0) is 29.8 Å². The maximum absolute atomic E-state index is 13.3. The molecule has 0 atom stereocenters. The second-order valence-electron chi connectivity index (χ2n) is 8.03. The first-order valence-electron chi connectivity index (χ1n) is 10.7. The quantitative estimate of drug-likeness (QED) is 0.0943. The maximum Gasteiger partial charge on any atom is 0.199 e. The van der Waals surface area contributed by atoms with Crippen LogP contribution in [0.1, 0.15) is 26.5 Å². The van der Waals surface area contributed by atoms with Gasteiger partial charge < -0.3 is 0 Å². The molecule has 4 nitrogen and oxygen atoms in total. The zero-order valence-electron chi connectivity index (χ0n) is 18.1. The van der Waals surface area contributed by atoms with Gasteiger partial charge in [-0.2, -0.15) is 0 Å². The number of Topliss-reactive ketones (excluding diaryl/α,β-unsaturated/α-hetero) is 2. The molecule has 3 aromatic carbocycles. The molecule has 0 unspecified atom stereocenters. The van der Waals surface area contributed by atoms with E-state index >= 15 is 0 Å². The van der Waals surface area contributed by atoms with Gasteiger partial charge in [-0.15, -0.1) is 11.3 Å². The molecule has 0 aliphatic heterocycles. The highest BCUT2D eigenvalue weighted by Gasteiger charge is 2.40. The van der Waals surface area contributed by atoms with Crippen molar-refractivity contribution >= 4 is 85.7 Å². The van der Waals surface area contributed by atoms with E-state index in [0.29, 0.717) is 5.82 Å². The Morgan fingerprint density at radius 2 is 1.31 bits per heavy atom. The number of carbonyl (C=O) groups is 2. The molecule has 2 aromatic heterocycles. The first kappa shape index (κ1) is 23.5. The number of fused-ring (bicyclic) bond motifs is 2. The topological polar surface area (TPSA) is 52.0 Å². The summed E-state index contributed by atoms with van der Waals surface area (Å²) in [7, 11) is 0. The third-order valence-corrected chi connectivity index (χ3v) is 8.81. The third-order valence-electron chi connectivity index (χ3n) is 5.94. The van der Waals surface area contributed by atoms with Gasteiger partial charge in [0.1, 0.15) is 10.7 Å². The highest BCUT2D eigenvalue weighted by molar-refractivity contribution is 7.21. The fourth-order valence-corrected chi connectivity index (χ4v) is 6.32. The minimum atomic E-state index is -0.573. The SMILES string of the molecule is O=C1C(=Cc2nc3sc(-c4ccccc4)cc3n2-c2ccccc2)C(=O)c2c(Cl)c(Cl)c(Cl)c(Cl)c21. The predicted molar refractivity (Wildman–Crippen MR) is 148 cm³/mol. The lowest BCUT2D eigenvalue weighted by molar-refractivity contribution is 0.0990. The molecule has 1 aliphatic carbocycles. The summed E-state index contributed by atoms with van der Waals surface area (Å²) >= 11 is 26.4. The molecular weight excluding hydrogens is 558 g/mol. The zero-order chi connectivity index (χ0) is 25.1. The molecule has 0 saturated heterocycles. The Morgan fingerprint density at radius 3 is 1.89 bits per heavy atom. The van der Waals surface area contributed by atoms with Crippen molar-refractivity contribution in [2.24, 2.45) is 0 Å². The summed E-state index contributed by atoms with van der Waals surface area (Å²) in [6, 6.07) is 21.7. The van der Waals surface area contributed by atoms with Crippen molar-refractivity contribution in [2.75, 3.05) is 0 Å². The van der Waals surface area contributed by atoms with Crippen molar-refractivity contribution in [1.29, 1.82) is 0 Å². The van der Waals surface area contributed by atoms with Crippen molar-refractivity contribution in [3.8, 4) is 16.1 Å². The number of aromatic nitrogens is 2. The molecule has 0 radical (unpaired) electrons. The van der Waals surface area contributed by atoms with Crippen LogP contribution in [0.2, 0.25) is 20.1 Å². The number of hydrogen-bond donors (Lipinski definition) is 0. The van der Waals surface area contributed by atoms with E-state index in [0.717, 1.165) is 26.5 Å². The van der Waals surface area contributed by atoms with Crippen molar-refractivity contribution in [3.63, 3.8) is 0 Å². The second kappa shape index (κ2) is 8.87. The van der Waals surface area contributed by atoms with Crippen LogP contribution in [0, 0.1) is 0 Å². The molecule has 2 heterocycles. The number of benzene rings is 3. The number of halogens is 4. The molecule has 176 valence electrons. The smallest absolute Gasteiger partial charge is 0.199 e. The van der Waals surface area contributed by atoms with Gasteiger partial charge in [0, 0.05) is 10.6 Å². The van der Waals surface area contributed by atoms with Crippen molar-refractivity contribution in [1.82, 2.24) is 9.55 Å². The zero-order valence-corrected chi connectivity index (χ0v) is 21.9. The van der Waals surface area contributed by atoms with E-state index in [2.05, 4.69) is 6.07 Å². The van der Waals surface area contributed by atoms with Gasteiger partial charge in [-0.25, -0.2) is 4.98 Å². The van der Waals surface area contributed by atoms with Crippen LogP contribution in [-0.2, 0) is 0 Å². The summed E-state index contributed by atoms with van der Waals surface area (Å²) in [5.74, 6) is -0.719. The molecule has 0 bridgehead atoms. The van der Waals surface area contributed by atoms with Crippen LogP contribution in [0.5, 0.6) is 0 Å². The molecular formula is C27H12Cl4N2O2S. The lowest BCUT2D eigenvalue weighted by Crippen LogP contribution is -2.04. The van der Waals surface area contributed by atoms with E-state index in [4.69, 9.17) is 51.4 Å². The summed E-state index contributed by atoms with van der Waals surface area (Å²) < 4.78 is 1.91. The lowest BCUT2D eigenvalue weighted by Gasteiger charge is -2.07. The Kier molecular flexibility index (Phi) is 5.78. The monoisotopic (exact) mass is 568 g/mol. The molecule has 1 aliphatic rings. The Labute approximate surface area is 229 Å². The van der Waals surface area contributed by atoms with Gasteiger partial charge in [-0.3, -0.25) is 14.2 Å². The number of allylic oxidation sites excluding steroid dienone is 1. The van der Waals surface area contributed by atoms with E-state index < -0.39 is 11.6 Å². The number of ketones is 2. The van der Waals surface area contributed by atoms with Gasteiger partial charge in [0.25, 0.3) is 0 Å². The Hall–Kier alpha value is -2.93. The number of para-hydroxylation sites is 1. The average Bonchev–Trinajstić information content (AvgIpc) is 3.53. The van der Waals surface area contributed by atoms with Crippen LogP contribution >= 0.6 is 57.7 Å². The largest absolute Gasteiger partial charge is 0.292 e.